The van der Waals surface area contributed by atoms with Crippen LogP contribution in [-0.4, -0.2) is 12.8 Å². The average Bonchev–Trinajstić information content (AvgIpc) is 2.82. The first kappa shape index (κ1) is 8.51. The van der Waals surface area contributed by atoms with E-state index in [1.165, 1.54) is 12.8 Å². The van der Waals surface area contributed by atoms with Crippen LogP contribution in [0.25, 0.3) is 0 Å². The molecule has 1 fully saturated rings. The Bertz CT molecular complexity index is 185. The van der Waals surface area contributed by atoms with Crippen LogP contribution >= 0.6 is 0 Å². The summed E-state index contributed by atoms with van der Waals surface area (Å²) in [5, 5.41) is 0. The Morgan fingerprint density at radius 1 is 1.45 bits per heavy atom. The molecule has 0 amide bonds. The zero-order valence-electron chi connectivity index (χ0n) is 7.72. The summed E-state index contributed by atoms with van der Waals surface area (Å²) in [6.07, 6.45) is 2.64. The minimum atomic E-state index is 0.378. The zero-order valence-corrected chi connectivity index (χ0v) is 7.72. The van der Waals surface area contributed by atoms with Gasteiger partial charge in [0.05, 0.1) is 6.04 Å². The third-order valence-electron chi connectivity index (χ3n) is 2.75. The lowest BCUT2D eigenvalue weighted by Crippen LogP contribution is -2.12. The maximum Gasteiger partial charge on any atom is 0.0526 e. The molecular weight excluding hydrogens is 134 g/mol. The van der Waals surface area contributed by atoms with Crippen molar-refractivity contribution in [2.24, 2.45) is 10.9 Å². The fraction of sp³-hybridized carbons (Fsp3) is 0.700. The van der Waals surface area contributed by atoms with Crippen LogP contribution in [0.4, 0.5) is 0 Å². The van der Waals surface area contributed by atoms with Crippen LogP contribution in [-0.2, 0) is 0 Å². The lowest BCUT2D eigenvalue weighted by atomic mass is 9.95. The van der Waals surface area contributed by atoms with Crippen molar-refractivity contribution in [1.29, 1.82) is 0 Å². The molecule has 1 rings (SSSR count). The lowest BCUT2D eigenvalue weighted by molar-refractivity contribution is 0.557. The second kappa shape index (κ2) is 3.21. The maximum absolute atomic E-state index is 4.04. The second-order valence-corrected chi connectivity index (χ2v) is 3.50. The lowest BCUT2D eigenvalue weighted by Gasteiger charge is -2.16. The third kappa shape index (κ3) is 1.92. The number of hydrogen-bond acceptors (Lipinski definition) is 1. The molecule has 1 saturated carbocycles. The standard InChI is InChI=1S/C10H17N/c1-7(9(3)11-4)8(2)10-5-6-10/h7,9H,4-6H2,1-3H3. The molecule has 11 heavy (non-hydrogen) atoms. The van der Waals surface area contributed by atoms with Crippen LogP contribution < -0.4 is 0 Å². The summed E-state index contributed by atoms with van der Waals surface area (Å²) in [6.45, 7) is 10.2. The largest absolute Gasteiger partial charge is 0.297 e. The molecule has 2 unspecified atom stereocenters. The molecular formula is C10H17N. The van der Waals surface area contributed by atoms with Crippen molar-refractivity contribution in [2.75, 3.05) is 0 Å². The topological polar surface area (TPSA) is 12.4 Å². The molecule has 0 aliphatic heterocycles. The molecule has 2 atom stereocenters. The fourth-order valence-corrected chi connectivity index (χ4v) is 1.30. The van der Waals surface area contributed by atoms with Gasteiger partial charge in [0.1, 0.15) is 0 Å². The quantitative estimate of drug-likeness (QED) is 0.434. The van der Waals surface area contributed by atoms with Crippen LogP contribution in [0.3, 0.4) is 0 Å². The van der Waals surface area contributed by atoms with E-state index in [0.29, 0.717) is 12.0 Å². The molecule has 0 aromatic carbocycles. The van der Waals surface area contributed by atoms with E-state index in [4.69, 9.17) is 0 Å². The van der Waals surface area contributed by atoms with Crippen molar-refractivity contribution >= 4 is 6.72 Å². The zero-order chi connectivity index (χ0) is 8.43. The van der Waals surface area contributed by atoms with Gasteiger partial charge in [-0.25, -0.2) is 0 Å². The molecule has 0 bridgehead atoms. The van der Waals surface area contributed by atoms with Crippen LogP contribution in [0.1, 0.15) is 33.6 Å². The van der Waals surface area contributed by atoms with Crippen molar-refractivity contribution < 1.29 is 0 Å². The second-order valence-electron chi connectivity index (χ2n) is 3.50. The van der Waals surface area contributed by atoms with Gasteiger partial charge in [0.15, 0.2) is 0 Å². The highest BCUT2D eigenvalue weighted by Crippen LogP contribution is 2.35. The smallest absolute Gasteiger partial charge is 0.0526 e. The molecule has 0 heterocycles. The van der Waals surface area contributed by atoms with Gasteiger partial charge in [0.2, 0.25) is 0 Å². The van der Waals surface area contributed by atoms with Crippen LogP contribution in [0, 0.1) is 5.92 Å². The number of hydrogen-bond donors (Lipinski definition) is 0. The van der Waals surface area contributed by atoms with E-state index >= 15 is 0 Å². The Morgan fingerprint density at radius 2 is 2.00 bits per heavy atom. The molecule has 1 aliphatic rings. The fourth-order valence-electron chi connectivity index (χ4n) is 1.30. The third-order valence-corrected chi connectivity index (χ3v) is 2.75. The number of aliphatic imine (C=N–C) groups is 1. The van der Waals surface area contributed by atoms with Crippen molar-refractivity contribution in [2.45, 2.75) is 39.7 Å². The SMILES string of the molecule is C=NC(C)C(C)C(C)=C1CC1. The summed E-state index contributed by atoms with van der Waals surface area (Å²) in [7, 11) is 0. The van der Waals surface area contributed by atoms with Gasteiger partial charge >= 0.3 is 0 Å². The van der Waals surface area contributed by atoms with E-state index < -0.39 is 0 Å². The molecule has 0 aromatic heterocycles. The summed E-state index contributed by atoms with van der Waals surface area (Å²) in [4.78, 5) is 4.04. The Morgan fingerprint density at radius 3 is 2.36 bits per heavy atom. The predicted octanol–water partition coefficient (Wildman–Crippen LogP) is 2.82. The molecule has 1 aliphatic carbocycles. The van der Waals surface area contributed by atoms with Crippen LogP contribution in [0.2, 0.25) is 0 Å². The van der Waals surface area contributed by atoms with Gasteiger partial charge < -0.3 is 0 Å². The minimum Gasteiger partial charge on any atom is -0.297 e. The molecule has 1 nitrogen and oxygen atoms in total. The first-order valence-electron chi connectivity index (χ1n) is 4.31. The summed E-state index contributed by atoms with van der Waals surface area (Å²) in [6, 6.07) is 0.378. The highest BCUT2D eigenvalue weighted by molar-refractivity contribution is 5.28. The molecule has 62 valence electrons. The monoisotopic (exact) mass is 151 g/mol. The van der Waals surface area contributed by atoms with E-state index in [-0.39, 0.29) is 0 Å². The molecule has 0 aromatic rings. The van der Waals surface area contributed by atoms with E-state index in [2.05, 4.69) is 32.5 Å². The number of nitrogens with zero attached hydrogens (tertiary/aromatic N) is 1. The van der Waals surface area contributed by atoms with Crippen molar-refractivity contribution in [3.63, 3.8) is 0 Å². The van der Waals surface area contributed by atoms with Crippen molar-refractivity contribution in [3.05, 3.63) is 11.1 Å². The molecule has 0 radical (unpaired) electrons. The van der Waals surface area contributed by atoms with Gasteiger partial charge in [-0.15, -0.1) is 0 Å². The average molecular weight is 151 g/mol. The first-order chi connectivity index (χ1) is 5.16. The first-order valence-corrected chi connectivity index (χ1v) is 4.31. The molecule has 1 heteroatoms. The minimum absolute atomic E-state index is 0.378. The van der Waals surface area contributed by atoms with Gasteiger partial charge in [-0.05, 0) is 39.3 Å². The molecule has 0 spiro atoms. The Hall–Kier alpha value is -0.590. The van der Waals surface area contributed by atoms with Gasteiger partial charge in [0, 0.05) is 0 Å². The van der Waals surface area contributed by atoms with Gasteiger partial charge in [0.25, 0.3) is 0 Å². The Balaban J connectivity index is 2.59. The number of allylic oxidation sites excluding steroid dienone is 1. The van der Waals surface area contributed by atoms with Crippen molar-refractivity contribution in [1.82, 2.24) is 0 Å². The van der Waals surface area contributed by atoms with Crippen LogP contribution in [0.15, 0.2) is 16.1 Å². The van der Waals surface area contributed by atoms with Crippen molar-refractivity contribution in [3.8, 4) is 0 Å². The van der Waals surface area contributed by atoms with Crippen LogP contribution in [0.5, 0.6) is 0 Å². The Labute approximate surface area is 69.2 Å². The molecule has 0 saturated heterocycles. The summed E-state index contributed by atoms with van der Waals surface area (Å²) < 4.78 is 0. The van der Waals surface area contributed by atoms with E-state index in [0.717, 1.165) is 0 Å². The van der Waals surface area contributed by atoms with Gasteiger partial charge in [-0.3, -0.25) is 4.99 Å². The van der Waals surface area contributed by atoms with E-state index in [1.54, 1.807) is 11.1 Å². The summed E-state index contributed by atoms with van der Waals surface area (Å²) >= 11 is 0. The summed E-state index contributed by atoms with van der Waals surface area (Å²) in [5.74, 6) is 0.588. The Kier molecular flexibility index (Phi) is 2.48. The summed E-state index contributed by atoms with van der Waals surface area (Å²) in [5.41, 5.74) is 3.19. The number of rotatable bonds is 3. The highest BCUT2D eigenvalue weighted by atomic mass is 14.7. The highest BCUT2D eigenvalue weighted by Gasteiger charge is 2.20. The predicted molar refractivity (Wildman–Crippen MR) is 50.1 cm³/mol. The maximum atomic E-state index is 4.04. The van der Waals surface area contributed by atoms with Gasteiger partial charge in [-0.2, -0.15) is 0 Å². The molecule has 0 N–H and O–H groups in total. The van der Waals surface area contributed by atoms with Gasteiger partial charge in [-0.1, -0.05) is 18.1 Å². The normalized spacial score (nSPS) is 20.8. The van der Waals surface area contributed by atoms with E-state index in [9.17, 15) is 0 Å². The van der Waals surface area contributed by atoms with E-state index in [1.807, 2.05) is 0 Å².